The molecule has 0 bridgehead atoms. The van der Waals surface area contributed by atoms with E-state index < -0.39 is 0 Å². The Hall–Kier alpha value is -2.67. The third-order valence-electron chi connectivity index (χ3n) is 4.24. The maximum Gasteiger partial charge on any atom is 0.166 e. The first kappa shape index (κ1) is 17.7. The van der Waals surface area contributed by atoms with Gasteiger partial charge >= 0.3 is 0 Å². The predicted octanol–water partition coefficient (Wildman–Crippen LogP) is 5.95. The average molecular weight is 467 g/mol. The summed E-state index contributed by atoms with van der Waals surface area (Å²) in [5, 5.41) is 8.67. The Morgan fingerprint density at radius 1 is 0.889 bits per heavy atom. The van der Waals surface area contributed by atoms with Crippen LogP contribution in [0.3, 0.4) is 0 Å². The second kappa shape index (κ2) is 7.52. The molecule has 1 heterocycles. The summed E-state index contributed by atoms with van der Waals surface area (Å²) in [7, 11) is 0. The fraction of sp³-hybridized carbons (Fsp3) is 0.0909. The summed E-state index contributed by atoms with van der Waals surface area (Å²) in [6.45, 7) is 4.12. The van der Waals surface area contributed by atoms with Gasteiger partial charge in [-0.15, -0.1) is 5.10 Å². The molecule has 1 aromatic heterocycles. The largest absolute Gasteiger partial charge is 0.454 e. The Morgan fingerprint density at radius 3 is 2.44 bits per heavy atom. The number of halogens is 1. The lowest BCUT2D eigenvalue weighted by atomic mass is 10.1. The van der Waals surface area contributed by atoms with Crippen molar-refractivity contribution in [2.24, 2.45) is 0 Å². The van der Waals surface area contributed by atoms with Gasteiger partial charge in [-0.1, -0.05) is 53.2 Å². The molecular formula is C22H18IN3O. The van der Waals surface area contributed by atoms with Crippen LogP contribution in [0.5, 0.6) is 11.5 Å². The van der Waals surface area contributed by atoms with Crippen molar-refractivity contribution in [3.8, 4) is 28.4 Å². The van der Waals surface area contributed by atoms with Crippen LogP contribution in [-0.4, -0.2) is 15.0 Å². The van der Waals surface area contributed by atoms with Crippen molar-refractivity contribution in [2.45, 2.75) is 13.8 Å². The van der Waals surface area contributed by atoms with Gasteiger partial charge in [0.1, 0.15) is 17.1 Å². The molecule has 0 unspecified atom stereocenters. The van der Waals surface area contributed by atoms with E-state index in [1.165, 1.54) is 5.56 Å². The van der Waals surface area contributed by atoms with Crippen molar-refractivity contribution < 1.29 is 4.74 Å². The molecule has 0 fully saturated rings. The normalized spacial score (nSPS) is 10.8. The molecule has 0 spiro atoms. The van der Waals surface area contributed by atoms with E-state index in [4.69, 9.17) is 4.74 Å². The number of hydrogen-bond acceptors (Lipinski definition) is 3. The van der Waals surface area contributed by atoms with Crippen LogP contribution in [0.2, 0.25) is 0 Å². The standard InChI is InChI=1S/C22H18IN3O/c1-15-9-11-17(12-10-15)20-14-26(25-24-20)21-8-4-7-19(23)22(21)27-18-6-3-5-16(2)13-18/h3-14H,1-2H3. The van der Waals surface area contributed by atoms with Crippen LogP contribution in [0.15, 0.2) is 72.9 Å². The van der Waals surface area contributed by atoms with Crippen molar-refractivity contribution in [3.63, 3.8) is 0 Å². The smallest absolute Gasteiger partial charge is 0.166 e. The molecule has 0 aliphatic carbocycles. The first-order valence-corrected chi connectivity index (χ1v) is 9.71. The topological polar surface area (TPSA) is 39.9 Å². The van der Waals surface area contributed by atoms with Gasteiger partial charge in [0.15, 0.2) is 5.75 Å². The highest BCUT2D eigenvalue weighted by Gasteiger charge is 2.14. The van der Waals surface area contributed by atoms with Crippen molar-refractivity contribution in [1.82, 2.24) is 15.0 Å². The van der Waals surface area contributed by atoms with E-state index in [2.05, 4.69) is 77.1 Å². The molecule has 5 heteroatoms. The molecule has 0 saturated heterocycles. The van der Waals surface area contributed by atoms with Crippen LogP contribution >= 0.6 is 22.6 Å². The van der Waals surface area contributed by atoms with E-state index in [1.807, 2.05) is 42.6 Å². The second-order valence-corrected chi connectivity index (χ2v) is 7.58. The van der Waals surface area contributed by atoms with Gasteiger partial charge < -0.3 is 4.74 Å². The van der Waals surface area contributed by atoms with Crippen molar-refractivity contribution in [2.75, 3.05) is 0 Å². The van der Waals surface area contributed by atoms with Crippen molar-refractivity contribution in [3.05, 3.63) is 87.6 Å². The van der Waals surface area contributed by atoms with Gasteiger partial charge in [-0.2, -0.15) is 0 Å². The van der Waals surface area contributed by atoms with Crippen LogP contribution in [-0.2, 0) is 0 Å². The number of hydrogen-bond donors (Lipinski definition) is 0. The molecule has 0 atom stereocenters. The Bertz CT molecular complexity index is 1090. The molecular weight excluding hydrogens is 449 g/mol. The molecule has 0 amide bonds. The third kappa shape index (κ3) is 3.88. The maximum absolute atomic E-state index is 6.21. The molecule has 0 saturated carbocycles. The number of ether oxygens (including phenoxy) is 1. The minimum absolute atomic E-state index is 0.768. The lowest BCUT2D eigenvalue weighted by Gasteiger charge is -2.13. The van der Waals surface area contributed by atoms with Gasteiger partial charge in [-0.3, -0.25) is 0 Å². The maximum atomic E-state index is 6.21. The van der Waals surface area contributed by atoms with Gasteiger partial charge in [-0.25, -0.2) is 4.68 Å². The van der Waals surface area contributed by atoms with Crippen LogP contribution in [0.1, 0.15) is 11.1 Å². The third-order valence-corrected chi connectivity index (χ3v) is 5.09. The molecule has 0 N–H and O–H groups in total. The number of aromatic nitrogens is 3. The van der Waals surface area contributed by atoms with E-state index >= 15 is 0 Å². The number of aryl methyl sites for hydroxylation is 2. The Balaban J connectivity index is 1.72. The highest BCUT2D eigenvalue weighted by Crippen LogP contribution is 2.33. The minimum atomic E-state index is 0.768. The lowest BCUT2D eigenvalue weighted by molar-refractivity contribution is 0.474. The molecule has 4 rings (SSSR count). The van der Waals surface area contributed by atoms with E-state index in [1.54, 1.807) is 4.68 Å². The van der Waals surface area contributed by atoms with Crippen LogP contribution in [0.4, 0.5) is 0 Å². The molecule has 27 heavy (non-hydrogen) atoms. The first-order chi connectivity index (χ1) is 13.1. The molecule has 0 aliphatic heterocycles. The Labute approximate surface area is 172 Å². The summed E-state index contributed by atoms with van der Waals surface area (Å²) >= 11 is 2.28. The zero-order chi connectivity index (χ0) is 18.8. The summed E-state index contributed by atoms with van der Waals surface area (Å²) in [5.41, 5.74) is 5.10. The first-order valence-electron chi connectivity index (χ1n) is 8.63. The SMILES string of the molecule is Cc1ccc(-c2cn(-c3cccc(I)c3Oc3cccc(C)c3)nn2)cc1. The van der Waals surface area contributed by atoms with Crippen molar-refractivity contribution >= 4 is 22.6 Å². The Kier molecular flexibility index (Phi) is 4.94. The highest BCUT2D eigenvalue weighted by atomic mass is 127. The number of benzene rings is 3. The van der Waals surface area contributed by atoms with Gasteiger partial charge in [0.25, 0.3) is 0 Å². The Morgan fingerprint density at radius 2 is 1.67 bits per heavy atom. The lowest BCUT2D eigenvalue weighted by Crippen LogP contribution is -2.00. The van der Waals surface area contributed by atoms with Gasteiger partial charge in [0.2, 0.25) is 0 Å². The minimum Gasteiger partial charge on any atom is -0.454 e. The molecule has 4 aromatic rings. The fourth-order valence-electron chi connectivity index (χ4n) is 2.81. The zero-order valence-electron chi connectivity index (χ0n) is 15.1. The number of para-hydroxylation sites is 1. The van der Waals surface area contributed by atoms with Crippen molar-refractivity contribution in [1.29, 1.82) is 0 Å². The summed E-state index contributed by atoms with van der Waals surface area (Å²) in [6.07, 6.45) is 1.93. The van der Waals surface area contributed by atoms with E-state index in [-0.39, 0.29) is 0 Å². The summed E-state index contributed by atoms with van der Waals surface area (Å²) in [6, 6.07) is 22.3. The van der Waals surface area contributed by atoms with Gasteiger partial charge in [-0.05, 0) is 66.3 Å². The molecule has 134 valence electrons. The predicted molar refractivity (Wildman–Crippen MR) is 116 cm³/mol. The van der Waals surface area contributed by atoms with Gasteiger partial charge in [0, 0.05) is 5.56 Å². The number of rotatable bonds is 4. The molecule has 3 aromatic carbocycles. The summed E-state index contributed by atoms with van der Waals surface area (Å²) < 4.78 is 8.99. The molecule has 4 nitrogen and oxygen atoms in total. The fourth-order valence-corrected chi connectivity index (χ4v) is 3.41. The summed E-state index contributed by atoms with van der Waals surface area (Å²) in [5.74, 6) is 1.57. The van der Waals surface area contributed by atoms with Crippen LogP contribution < -0.4 is 4.74 Å². The van der Waals surface area contributed by atoms with Gasteiger partial charge in [0.05, 0.1) is 9.77 Å². The zero-order valence-corrected chi connectivity index (χ0v) is 17.2. The number of nitrogens with zero attached hydrogens (tertiary/aromatic N) is 3. The summed E-state index contributed by atoms with van der Waals surface area (Å²) in [4.78, 5) is 0. The highest BCUT2D eigenvalue weighted by molar-refractivity contribution is 14.1. The van der Waals surface area contributed by atoms with E-state index in [0.29, 0.717) is 0 Å². The molecule has 0 radical (unpaired) electrons. The quantitative estimate of drug-likeness (QED) is 0.349. The van der Waals surface area contributed by atoms with E-state index in [9.17, 15) is 0 Å². The average Bonchev–Trinajstić information content (AvgIpc) is 3.14. The molecule has 0 aliphatic rings. The monoisotopic (exact) mass is 467 g/mol. The second-order valence-electron chi connectivity index (χ2n) is 6.42. The van der Waals surface area contributed by atoms with E-state index in [0.717, 1.165) is 37.6 Å². The van der Waals surface area contributed by atoms with Crippen LogP contribution in [0, 0.1) is 17.4 Å². The van der Waals surface area contributed by atoms with Crippen LogP contribution in [0.25, 0.3) is 16.9 Å².